The van der Waals surface area contributed by atoms with Gasteiger partial charge in [-0.3, -0.25) is 9.59 Å². The van der Waals surface area contributed by atoms with Crippen LogP contribution in [-0.2, 0) is 24.3 Å². The molecule has 0 spiro atoms. The van der Waals surface area contributed by atoms with Crippen molar-refractivity contribution in [3.63, 3.8) is 0 Å². The summed E-state index contributed by atoms with van der Waals surface area (Å²) in [6.07, 6.45) is 0. The number of carbonyl (C=O) groups excluding carboxylic acids is 2. The molecule has 3 rings (SSSR count). The quantitative estimate of drug-likeness (QED) is 0.534. The number of nitrogens with zero attached hydrogens (tertiary/aromatic N) is 1. The molecule has 9 nitrogen and oxygen atoms in total. The molecule has 0 atom stereocenters. The van der Waals surface area contributed by atoms with Crippen molar-refractivity contribution in [1.29, 1.82) is 0 Å². The van der Waals surface area contributed by atoms with Crippen molar-refractivity contribution in [2.24, 2.45) is 5.73 Å². The van der Waals surface area contributed by atoms with E-state index >= 15 is 0 Å². The topological polar surface area (TPSA) is 128 Å². The molecule has 0 radical (unpaired) electrons. The Labute approximate surface area is 184 Å². The van der Waals surface area contributed by atoms with E-state index in [1.165, 1.54) is 40.3 Å². The minimum atomic E-state index is -3.58. The smallest absolute Gasteiger partial charge is 0.262 e. The molecule has 0 aliphatic carbocycles. The Bertz CT molecular complexity index is 1020. The van der Waals surface area contributed by atoms with E-state index in [-0.39, 0.29) is 17.3 Å². The summed E-state index contributed by atoms with van der Waals surface area (Å²) < 4.78 is 37.3. The van der Waals surface area contributed by atoms with E-state index in [1.54, 1.807) is 24.3 Å². The highest BCUT2D eigenvalue weighted by Gasteiger charge is 2.26. The fraction of sp³-hybridized carbons (Fsp3) is 0.300. The molecule has 11 heteroatoms. The summed E-state index contributed by atoms with van der Waals surface area (Å²) in [4.78, 5) is 24.1. The van der Waals surface area contributed by atoms with Gasteiger partial charge in [0, 0.05) is 18.0 Å². The minimum Gasteiger partial charge on any atom is -0.484 e. The molecule has 1 saturated heterocycles. The summed E-state index contributed by atoms with van der Waals surface area (Å²) in [5, 5.41) is 2.73. The molecule has 3 N–H and O–H groups in total. The number of sulfonamides is 1. The van der Waals surface area contributed by atoms with Gasteiger partial charge in [-0.2, -0.15) is 4.31 Å². The number of carbonyl (C=O) groups is 2. The third-order valence-corrected chi connectivity index (χ3v) is 7.34. The molecule has 166 valence electrons. The first-order chi connectivity index (χ1) is 14.9. The number of para-hydroxylation sites is 1. The van der Waals surface area contributed by atoms with Crippen LogP contribution in [0.1, 0.15) is 0 Å². The van der Waals surface area contributed by atoms with Crippen LogP contribution in [0.3, 0.4) is 0 Å². The first-order valence-electron chi connectivity index (χ1n) is 9.47. The normalized spacial score (nSPS) is 14.7. The first kappa shape index (κ1) is 23.1. The number of morpholine rings is 1. The number of amides is 2. The fourth-order valence-electron chi connectivity index (χ4n) is 2.82. The van der Waals surface area contributed by atoms with Crippen LogP contribution in [0.4, 0.5) is 5.69 Å². The number of rotatable bonds is 9. The third-order valence-electron chi connectivity index (χ3n) is 4.33. The molecule has 1 fully saturated rings. The maximum absolute atomic E-state index is 12.6. The second-order valence-electron chi connectivity index (χ2n) is 6.58. The summed E-state index contributed by atoms with van der Waals surface area (Å²) in [5.74, 6) is -0.374. The first-order valence-corrected chi connectivity index (χ1v) is 11.9. The van der Waals surface area contributed by atoms with Crippen LogP contribution in [0.25, 0.3) is 0 Å². The van der Waals surface area contributed by atoms with E-state index in [4.69, 9.17) is 15.2 Å². The fourth-order valence-corrected chi connectivity index (χ4v) is 4.98. The Morgan fingerprint density at radius 1 is 1.10 bits per heavy atom. The zero-order valence-corrected chi connectivity index (χ0v) is 18.3. The summed E-state index contributed by atoms with van der Waals surface area (Å²) in [7, 11) is -3.58. The molecule has 0 unspecified atom stereocenters. The second-order valence-corrected chi connectivity index (χ2v) is 9.53. The number of hydrogen-bond acceptors (Lipinski definition) is 7. The van der Waals surface area contributed by atoms with Gasteiger partial charge in [0.15, 0.2) is 6.61 Å². The van der Waals surface area contributed by atoms with Crippen LogP contribution in [0.2, 0.25) is 0 Å². The molecule has 0 aromatic heterocycles. The van der Waals surface area contributed by atoms with E-state index in [2.05, 4.69) is 5.32 Å². The van der Waals surface area contributed by atoms with E-state index in [0.717, 1.165) is 0 Å². The molecule has 1 heterocycles. The highest BCUT2D eigenvalue weighted by Crippen LogP contribution is 2.26. The zero-order valence-electron chi connectivity index (χ0n) is 16.7. The van der Waals surface area contributed by atoms with Crippen molar-refractivity contribution in [3.05, 3.63) is 48.5 Å². The lowest BCUT2D eigenvalue weighted by atomic mass is 10.3. The second kappa shape index (κ2) is 10.6. The Kier molecular flexibility index (Phi) is 7.91. The lowest BCUT2D eigenvalue weighted by Crippen LogP contribution is -2.40. The molecule has 2 aromatic rings. The van der Waals surface area contributed by atoms with Crippen LogP contribution in [0, 0.1) is 0 Å². The highest BCUT2D eigenvalue weighted by atomic mass is 32.2. The maximum atomic E-state index is 12.6. The van der Waals surface area contributed by atoms with Crippen molar-refractivity contribution < 1.29 is 27.5 Å². The predicted molar refractivity (Wildman–Crippen MR) is 117 cm³/mol. The van der Waals surface area contributed by atoms with E-state index in [9.17, 15) is 18.0 Å². The highest BCUT2D eigenvalue weighted by molar-refractivity contribution is 8.00. The number of anilines is 1. The number of ether oxygens (including phenoxy) is 2. The van der Waals surface area contributed by atoms with Gasteiger partial charge in [-0.15, -0.1) is 11.8 Å². The van der Waals surface area contributed by atoms with Crippen molar-refractivity contribution in [2.45, 2.75) is 9.79 Å². The van der Waals surface area contributed by atoms with Crippen molar-refractivity contribution >= 4 is 39.3 Å². The summed E-state index contributed by atoms with van der Waals surface area (Å²) in [6.45, 7) is 1.13. The van der Waals surface area contributed by atoms with E-state index < -0.39 is 21.8 Å². The van der Waals surface area contributed by atoms with Crippen LogP contribution in [0.15, 0.2) is 58.3 Å². The molecule has 31 heavy (non-hydrogen) atoms. The van der Waals surface area contributed by atoms with Gasteiger partial charge in [0.25, 0.3) is 5.91 Å². The van der Waals surface area contributed by atoms with Crippen LogP contribution >= 0.6 is 11.8 Å². The molecule has 0 bridgehead atoms. The number of nitrogens with two attached hydrogens (primary N) is 1. The van der Waals surface area contributed by atoms with Crippen LogP contribution < -0.4 is 15.8 Å². The Morgan fingerprint density at radius 3 is 2.45 bits per heavy atom. The molecule has 0 saturated carbocycles. The largest absolute Gasteiger partial charge is 0.484 e. The summed E-state index contributed by atoms with van der Waals surface area (Å²) in [5.41, 5.74) is 5.72. The van der Waals surface area contributed by atoms with Gasteiger partial charge in [-0.05, 0) is 36.4 Å². The number of benzene rings is 2. The molecule has 1 aliphatic rings. The monoisotopic (exact) mass is 465 g/mol. The minimum absolute atomic E-state index is 0.100. The molecule has 2 aromatic carbocycles. The number of thioether (sulfide) groups is 1. The zero-order chi connectivity index (χ0) is 22.3. The van der Waals surface area contributed by atoms with Gasteiger partial charge in [0.2, 0.25) is 15.9 Å². The van der Waals surface area contributed by atoms with Crippen LogP contribution in [0.5, 0.6) is 5.75 Å². The maximum Gasteiger partial charge on any atom is 0.262 e. The average Bonchev–Trinajstić information content (AvgIpc) is 2.78. The van der Waals surface area contributed by atoms with Crippen molar-refractivity contribution in [3.8, 4) is 5.75 Å². The van der Waals surface area contributed by atoms with Gasteiger partial charge in [-0.1, -0.05) is 12.1 Å². The standard InChI is InChI=1S/C20H23N3O6S2/c21-19(24)14-30-18-4-2-1-3-17(18)22-20(25)13-29-15-5-7-16(8-6-15)31(26,27)23-9-11-28-12-10-23/h1-8H,9-14H2,(H2,21,24)(H,22,25). The summed E-state index contributed by atoms with van der Waals surface area (Å²) >= 11 is 1.23. The Hall–Kier alpha value is -2.60. The SMILES string of the molecule is NC(=O)CSc1ccccc1NC(=O)COc1ccc(S(=O)(=O)N2CCOCC2)cc1. The molecular formula is C20H23N3O6S2. The predicted octanol–water partition coefficient (Wildman–Crippen LogP) is 1.30. The Balaban J connectivity index is 1.56. The van der Waals surface area contributed by atoms with Gasteiger partial charge in [0.05, 0.1) is 29.5 Å². The molecular weight excluding hydrogens is 442 g/mol. The van der Waals surface area contributed by atoms with Gasteiger partial charge >= 0.3 is 0 Å². The molecule has 2 amide bonds. The number of hydrogen-bond donors (Lipinski definition) is 2. The average molecular weight is 466 g/mol. The Morgan fingerprint density at radius 2 is 1.77 bits per heavy atom. The van der Waals surface area contributed by atoms with Gasteiger partial charge in [-0.25, -0.2) is 8.42 Å². The van der Waals surface area contributed by atoms with Gasteiger partial charge in [0.1, 0.15) is 5.75 Å². The third kappa shape index (κ3) is 6.44. The van der Waals surface area contributed by atoms with Gasteiger partial charge < -0.3 is 20.5 Å². The van der Waals surface area contributed by atoms with Crippen molar-refractivity contribution in [2.75, 3.05) is 44.0 Å². The lowest BCUT2D eigenvalue weighted by molar-refractivity contribution is -0.118. The van der Waals surface area contributed by atoms with Crippen molar-refractivity contribution in [1.82, 2.24) is 4.31 Å². The van der Waals surface area contributed by atoms with E-state index in [0.29, 0.717) is 42.6 Å². The number of primary amides is 1. The lowest BCUT2D eigenvalue weighted by Gasteiger charge is -2.26. The van der Waals surface area contributed by atoms with Crippen LogP contribution in [-0.4, -0.2) is 63.2 Å². The molecule has 1 aliphatic heterocycles. The van der Waals surface area contributed by atoms with E-state index in [1.807, 2.05) is 0 Å². The number of nitrogens with one attached hydrogen (secondary N) is 1. The summed E-state index contributed by atoms with van der Waals surface area (Å²) in [6, 6.07) is 13.0.